The first-order chi connectivity index (χ1) is 14.6. The van der Waals surface area contributed by atoms with E-state index in [2.05, 4.69) is 4.98 Å². The zero-order chi connectivity index (χ0) is 21.3. The van der Waals surface area contributed by atoms with Crippen molar-refractivity contribution in [2.24, 2.45) is 0 Å². The summed E-state index contributed by atoms with van der Waals surface area (Å²) in [5.41, 5.74) is 3.06. The predicted molar refractivity (Wildman–Crippen MR) is 117 cm³/mol. The highest BCUT2D eigenvalue weighted by Gasteiger charge is 2.23. The molecule has 2 aromatic carbocycles. The minimum atomic E-state index is -0.282. The number of benzene rings is 2. The maximum absolute atomic E-state index is 12.8. The van der Waals surface area contributed by atoms with E-state index < -0.39 is 0 Å². The van der Waals surface area contributed by atoms with Crippen LogP contribution in [0.15, 0.2) is 73.1 Å². The van der Waals surface area contributed by atoms with Crippen LogP contribution in [0.1, 0.15) is 29.0 Å². The van der Waals surface area contributed by atoms with Crippen LogP contribution in [-0.4, -0.2) is 36.2 Å². The predicted octanol–water partition coefficient (Wildman–Crippen LogP) is 4.42. The van der Waals surface area contributed by atoms with E-state index >= 15 is 0 Å². The average Bonchev–Trinajstić information content (AvgIpc) is 2.78. The maximum Gasteiger partial charge on any atom is 0.229 e. The number of nitrogens with zero attached hydrogens (tertiary/aromatic N) is 2. The number of amides is 1. The molecule has 0 aliphatic rings. The van der Waals surface area contributed by atoms with Crippen molar-refractivity contribution in [1.29, 1.82) is 0 Å². The largest absolute Gasteiger partial charge is 0.457 e. The third-order valence-corrected chi connectivity index (χ3v) is 4.89. The van der Waals surface area contributed by atoms with E-state index in [0.29, 0.717) is 18.6 Å². The van der Waals surface area contributed by atoms with E-state index in [1.54, 1.807) is 31.4 Å². The lowest BCUT2D eigenvalue weighted by Crippen LogP contribution is -2.29. The summed E-state index contributed by atoms with van der Waals surface area (Å²) in [6.07, 6.45) is 6.30. The molecular formula is C25H26N2O3. The number of pyridine rings is 1. The van der Waals surface area contributed by atoms with Crippen molar-refractivity contribution < 1.29 is 14.3 Å². The number of carbonyl (C=O) groups excluding carboxylic acids is 2. The SMILES string of the molecule is CN(C)C(=O)C(Cc1cccnc1)c1ccc(Oc2ccc(CCC=O)cc2)cc1. The number of likely N-dealkylation sites (N-methyl/N-ethyl adjacent to an activating group) is 1. The average molecular weight is 402 g/mol. The van der Waals surface area contributed by atoms with Gasteiger partial charge in [-0.2, -0.15) is 0 Å². The Bertz CT molecular complexity index is 952. The minimum absolute atomic E-state index is 0.0541. The van der Waals surface area contributed by atoms with Gasteiger partial charge in [-0.1, -0.05) is 30.3 Å². The topological polar surface area (TPSA) is 59.5 Å². The van der Waals surface area contributed by atoms with Gasteiger partial charge in [0.15, 0.2) is 0 Å². The molecule has 1 unspecified atom stereocenters. The minimum Gasteiger partial charge on any atom is -0.457 e. The number of aromatic nitrogens is 1. The van der Waals surface area contributed by atoms with Gasteiger partial charge in [-0.05, 0) is 59.9 Å². The Kier molecular flexibility index (Phi) is 7.33. The Morgan fingerprint density at radius 1 is 1.00 bits per heavy atom. The van der Waals surface area contributed by atoms with E-state index in [1.807, 2.05) is 60.7 Å². The fourth-order valence-corrected chi connectivity index (χ4v) is 3.27. The molecule has 1 atom stereocenters. The van der Waals surface area contributed by atoms with E-state index in [-0.39, 0.29) is 11.8 Å². The smallest absolute Gasteiger partial charge is 0.229 e. The molecule has 0 saturated carbocycles. The fourth-order valence-electron chi connectivity index (χ4n) is 3.27. The summed E-state index contributed by atoms with van der Waals surface area (Å²) in [7, 11) is 3.55. The summed E-state index contributed by atoms with van der Waals surface area (Å²) in [6.45, 7) is 0. The van der Waals surface area contributed by atoms with Crippen molar-refractivity contribution in [3.8, 4) is 11.5 Å². The lowest BCUT2D eigenvalue weighted by Gasteiger charge is -2.21. The van der Waals surface area contributed by atoms with Gasteiger partial charge in [-0.25, -0.2) is 0 Å². The highest BCUT2D eigenvalue weighted by molar-refractivity contribution is 5.83. The van der Waals surface area contributed by atoms with Gasteiger partial charge >= 0.3 is 0 Å². The van der Waals surface area contributed by atoms with Gasteiger partial charge in [0.2, 0.25) is 5.91 Å². The normalized spacial score (nSPS) is 11.5. The quantitative estimate of drug-likeness (QED) is 0.497. The van der Waals surface area contributed by atoms with Crippen LogP contribution in [0.25, 0.3) is 0 Å². The lowest BCUT2D eigenvalue weighted by atomic mass is 9.91. The molecule has 30 heavy (non-hydrogen) atoms. The number of rotatable bonds is 9. The number of hydrogen-bond donors (Lipinski definition) is 0. The fraction of sp³-hybridized carbons (Fsp3) is 0.240. The van der Waals surface area contributed by atoms with Crippen molar-refractivity contribution in [2.45, 2.75) is 25.2 Å². The molecule has 0 N–H and O–H groups in total. The van der Waals surface area contributed by atoms with Crippen LogP contribution >= 0.6 is 0 Å². The molecule has 154 valence electrons. The highest BCUT2D eigenvalue weighted by Crippen LogP contribution is 2.27. The van der Waals surface area contributed by atoms with Gasteiger partial charge in [0.05, 0.1) is 5.92 Å². The summed E-state index contributed by atoms with van der Waals surface area (Å²) in [6, 6.07) is 19.2. The zero-order valence-electron chi connectivity index (χ0n) is 17.3. The Balaban J connectivity index is 1.72. The molecule has 0 spiro atoms. The first-order valence-electron chi connectivity index (χ1n) is 9.97. The molecule has 0 saturated heterocycles. The van der Waals surface area contributed by atoms with Crippen molar-refractivity contribution >= 4 is 12.2 Å². The molecule has 3 rings (SSSR count). The Morgan fingerprint density at radius 2 is 1.67 bits per heavy atom. The van der Waals surface area contributed by atoms with Crippen LogP contribution in [0.5, 0.6) is 11.5 Å². The zero-order valence-corrected chi connectivity index (χ0v) is 17.3. The van der Waals surface area contributed by atoms with Gasteiger partial charge in [-0.15, -0.1) is 0 Å². The van der Waals surface area contributed by atoms with E-state index in [1.165, 1.54) is 0 Å². The summed E-state index contributed by atoms with van der Waals surface area (Å²) >= 11 is 0. The van der Waals surface area contributed by atoms with Crippen molar-refractivity contribution in [3.63, 3.8) is 0 Å². The van der Waals surface area contributed by atoms with Crippen LogP contribution in [0.2, 0.25) is 0 Å². The number of aryl methyl sites for hydroxylation is 1. The second-order valence-electron chi connectivity index (χ2n) is 7.37. The lowest BCUT2D eigenvalue weighted by molar-refractivity contribution is -0.130. The molecule has 0 fully saturated rings. The molecule has 0 aliphatic heterocycles. The third kappa shape index (κ3) is 5.77. The summed E-state index contributed by atoms with van der Waals surface area (Å²) in [4.78, 5) is 29.1. The number of hydrogen-bond acceptors (Lipinski definition) is 4. The Hall–Kier alpha value is -3.47. The molecule has 0 bridgehead atoms. The maximum atomic E-state index is 12.8. The second kappa shape index (κ2) is 10.3. The number of carbonyl (C=O) groups is 2. The third-order valence-electron chi connectivity index (χ3n) is 4.89. The summed E-state index contributed by atoms with van der Waals surface area (Å²) in [5.74, 6) is 1.21. The molecule has 1 amide bonds. The molecule has 3 aromatic rings. The van der Waals surface area contributed by atoms with Crippen molar-refractivity contribution in [2.75, 3.05) is 14.1 Å². The number of ether oxygens (including phenoxy) is 1. The molecule has 5 nitrogen and oxygen atoms in total. The molecular weight excluding hydrogens is 376 g/mol. The van der Waals surface area contributed by atoms with Gasteiger partial charge in [0.25, 0.3) is 0 Å². The summed E-state index contributed by atoms with van der Waals surface area (Å²) < 4.78 is 5.92. The van der Waals surface area contributed by atoms with E-state index in [0.717, 1.165) is 35.1 Å². The Morgan fingerprint density at radius 3 is 2.23 bits per heavy atom. The summed E-state index contributed by atoms with van der Waals surface area (Å²) in [5, 5.41) is 0. The van der Waals surface area contributed by atoms with Gasteiger partial charge in [0.1, 0.15) is 17.8 Å². The van der Waals surface area contributed by atoms with Crippen molar-refractivity contribution in [1.82, 2.24) is 9.88 Å². The van der Waals surface area contributed by atoms with E-state index in [9.17, 15) is 9.59 Å². The first-order valence-corrected chi connectivity index (χ1v) is 9.97. The van der Waals surface area contributed by atoms with Crippen LogP contribution in [0, 0.1) is 0 Å². The highest BCUT2D eigenvalue weighted by atomic mass is 16.5. The van der Waals surface area contributed by atoms with E-state index in [4.69, 9.17) is 4.74 Å². The second-order valence-corrected chi connectivity index (χ2v) is 7.37. The number of aldehydes is 1. The first kappa shape index (κ1) is 21.2. The molecule has 5 heteroatoms. The molecule has 0 radical (unpaired) electrons. The molecule has 0 aliphatic carbocycles. The van der Waals surface area contributed by atoms with Crippen LogP contribution in [0.4, 0.5) is 0 Å². The molecule has 1 aromatic heterocycles. The van der Waals surface area contributed by atoms with Crippen LogP contribution < -0.4 is 4.74 Å². The van der Waals surface area contributed by atoms with Gasteiger partial charge in [0, 0.05) is 32.9 Å². The van der Waals surface area contributed by atoms with Crippen LogP contribution in [-0.2, 0) is 22.4 Å². The van der Waals surface area contributed by atoms with Gasteiger partial charge < -0.3 is 14.4 Å². The van der Waals surface area contributed by atoms with Crippen LogP contribution in [0.3, 0.4) is 0 Å². The molecule has 1 heterocycles. The Labute approximate surface area is 177 Å². The standard InChI is InChI=1S/C25H26N2O3/c1-27(2)25(29)24(17-20-5-3-15-26-18-20)21-9-13-23(14-10-21)30-22-11-7-19(8-12-22)6-4-16-28/h3,5,7-16,18,24H,4,6,17H2,1-2H3. The van der Waals surface area contributed by atoms with Gasteiger partial charge in [-0.3, -0.25) is 9.78 Å². The van der Waals surface area contributed by atoms with Crippen molar-refractivity contribution in [3.05, 3.63) is 89.7 Å². The monoisotopic (exact) mass is 402 g/mol.